The fourth-order valence-corrected chi connectivity index (χ4v) is 2.98. The molecule has 3 aromatic carbocycles. The number of hydrogen-bond donors (Lipinski definition) is 1. The van der Waals surface area contributed by atoms with Crippen LogP contribution in [0.4, 0.5) is 0 Å². The number of hydrogen-bond acceptors (Lipinski definition) is 4. The summed E-state index contributed by atoms with van der Waals surface area (Å²) in [6.07, 6.45) is 0. The number of Topliss-reactive ketones (excluding diaryl/α,β-unsaturated/α-hetero) is 1. The van der Waals surface area contributed by atoms with E-state index in [1.54, 1.807) is 6.07 Å². The van der Waals surface area contributed by atoms with Crippen LogP contribution in [0.2, 0.25) is 0 Å². The predicted octanol–water partition coefficient (Wildman–Crippen LogP) is 3.63. The Bertz CT molecular complexity index is 940. The van der Waals surface area contributed by atoms with Gasteiger partial charge in [-0.1, -0.05) is 60.7 Å². The van der Waals surface area contributed by atoms with Crippen LogP contribution in [0, 0.1) is 0 Å². The molecule has 0 radical (unpaired) electrons. The number of carboxylic acid groups (broad SMARTS) is 1. The van der Waals surface area contributed by atoms with E-state index in [9.17, 15) is 9.59 Å². The minimum absolute atomic E-state index is 0.0387. The van der Waals surface area contributed by atoms with E-state index in [4.69, 9.17) is 14.6 Å². The van der Waals surface area contributed by atoms with Gasteiger partial charge in [0.25, 0.3) is 5.78 Å². The predicted molar refractivity (Wildman–Crippen MR) is 93.3 cm³/mol. The quantitative estimate of drug-likeness (QED) is 0.577. The molecule has 0 aliphatic carbocycles. The summed E-state index contributed by atoms with van der Waals surface area (Å²) in [6.45, 7) is 0. The summed E-state index contributed by atoms with van der Waals surface area (Å²) >= 11 is 0. The van der Waals surface area contributed by atoms with Gasteiger partial charge < -0.3 is 14.6 Å². The average molecular weight is 346 g/mol. The number of carbonyl (C=O) groups is 2. The molecule has 5 heteroatoms. The molecule has 0 aromatic heterocycles. The Hall–Kier alpha value is -3.60. The third kappa shape index (κ3) is 2.50. The maximum Gasteiger partial charge on any atom is 0.377 e. The summed E-state index contributed by atoms with van der Waals surface area (Å²) in [4.78, 5) is 22.7. The Morgan fingerprint density at radius 2 is 1.27 bits per heavy atom. The largest absolute Gasteiger partial charge is 0.475 e. The van der Waals surface area contributed by atoms with E-state index in [-0.39, 0.29) is 5.56 Å². The maximum atomic E-state index is 11.7. The van der Waals surface area contributed by atoms with E-state index < -0.39 is 17.5 Å². The lowest BCUT2D eigenvalue weighted by Gasteiger charge is -2.28. The third-order valence-corrected chi connectivity index (χ3v) is 4.22. The zero-order valence-corrected chi connectivity index (χ0v) is 13.6. The highest BCUT2D eigenvalue weighted by molar-refractivity contribution is 6.39. The second-order valence-electron chi connectivity index (χ2n) is 5.85. The van der Waals surface area contributed by atoms with E-state index in [0.717, 1.165) is 11.1 Å². The lowest BCUT2D eigenvalue weighted by molar-refractivity contribution is -0.131. The van der Waals surface area contributed by atoms with Gasteiger partial charge in [-0.25, -0.2) is 4.79 Å². The average Bonchev–Trinajstić information content (AvgIpc) is 3.08. The van der Waals surface area contributed by atoms with E-state index in [0.29, 0.717) is 11.5 Å². The highest BCUT2D eigenvalue weighted by atomic mass is 16.7. The van der Waals surface area contributed by atoms with Gasteiger partial charge >= 0.3 is 11.8 Å². The molecule has 1 aliphatic heterocycles. The molecule has 0 bridgehead atoms. The van der Waals surface area contributed by atoms with E-state index in [1.807, 2.05) is 60.7 Å². The van der Waals surface area contributed by atoms with Crippen LogP contribution in [0.25, 0.3) is 0 Å². The number of ketones is 1. The van der Waals surface area contributed by atoms with Crippen LogP contribution in [0.1, 0.15) is 21.5 Å². The van der Waals surface area contributed by atoms with Gasteiger partial charge in [-0.3, -0.25) is 4.79 Å². The van der Waals surface area contributed by atoms with Gasteiger partial charge in [0.05, 0.1) is 0 Å². The Kier molecular flexibility index (Phi) is 3.69. The molecule has 1 heterocycles. The molecule has 0 atom stereocenters. The van der Waals surface area contributed by atoms with Crippen molar-refractivity contribution in [2.45, 2.75) is 5.79 Å². The van der Waals surface area contributed by atoms with Gasteiger partial charge in [-0.05, 0) is 18.2 Å². The normalized spacial score (nSPS) is 14.0. The van der Waals surface area contributed by atoms with Crippen molar-refractivity contribution < 1.29 is 24.2 Å². The number of rotatable bonds is 4. The van der Waals surface area contributed by atoms with Gasteiger partial charge in [0.15, 0.2) is 11.5 Å². The van der Waals surface area contributed by atoms with Crippen LogP contribution in [0.5, 0.6) is 11.5 Å². The molecule has 26 heavy (non-hydrogen) atoms. The summed E-state index contributed by atoms with van der Waals surface area (Å²) in [5.74, 6) is -2.94. The molecule has 128 valence electrons. The Labute approximate surface area is 149 Å². The van der Waals surface area contributed by atoms with Crippen LogP contribution in [0.15, 0.2) is 78.9 Å². The van der Waals surface area contributed by atoms with Gasteiger partial charge in [-0.2, -0.15) is 0 Å². The van der Waals surface area contributed by atoms with Gasteiger partial charge in [0.1, 0.15) is 0 Å². The minimum atomic E-state index is -1.51. The second kappa shape index (κ2) is 6.04. The van der Waals surface area contributed by atoms with Crippen LogP contribution in [0.3, 0.4) is 0 Å². The Morgan fingerprint density at radius 3 is 1.81 bits per heavy atom. The van der Waals surface area contributed by atoms with E-state index >= 15 is 0 Å². The Balaban J connectivity index is 1.83. The number of fused-ring (bicyclic) bond motifs is 1. The minimum Gasteiger partial charge on any atom is -0.475 e. The van der Waals surface area contributed by atoms with Gasteiger partial charge in [0, 0.05) is 16.7 Å². The summed E-state index contributed by atoms with van der Waals surface area (Å²) < 4.78 is 12.4. The number of ether oxygens (including phenoxy) is 2. The fourth-order valence-electron chi connectivity index (χ4n) is 2.98. The highest BCUT2D eigenvalue weighted by Crippen LogP contribution is 2.47. The molecule has 4 rings (SSSR count). The first-order valence-corrected chi connectivity index (χ1v) is 8.01. The molecule has 0 fully saturated rings. The molecule has 1 N–H and O–H groups in total. The first kappa shape index (κ1) is 15.9. The SMILES string of the molecule is O=C(O)C(=O)c1ccc2c(c1)OC(c1ccccc1)(c1ccccc1)O2. The topological polar surface area (TPSA) is 72.8 Å². The third-order valence-electron chi connectivity index (χ3n) is 4.22. The summed E-state index contributed by atoms with van der Waals surface area (Å²) in [5.41, 5.74) is 1.61. The molecule has 1 aliphatic rings. The van der Waals surface area contributed by atoms with E-state index in [2.05, 4.69) is 0 Å². The standard InChI is InChI=1S/C21H14O5/c22-19(20(23)24)14-11-12-17-18(13-14)26-21(25-17,15-7-3-1-4-8-15)16-9-5-2-6-10-16/h1-13H,(H,23,24). The van der Waals surface area contributed by atoms with Crippen molar-refractivity contribution in [1.82, 2.24) is 0 Å². The van der Waals surface area contributed by atoms with Crippen molar-refractivity contribution in [1.29, 1.82) is 0 Å². The summed E-state index contributed by atoms with van der Waals surface area (Å²) in [7, 11) is 0. The van der Waals surface area contributed by atoms with Gasteiger partial charge in [-0.15, -0.1) is 0 Å². The number of benzene rings is 3. The molecular weight excluding hydrogens is 332 g/mol. The van der Waals surface area contributed by atoms with Crippen molar-refractivity contribution in [3.63, 3.8) is 0 Å². The van der Waals surface area contributed by atoms with Crippen LogP contribution >= 0.6 is 0 Å². The Morgan fingerprint density at radius 1 is 0.731 bits per heavy atom. The fraction of sp³-hybridized carbons (Fsp3) is 0.0476. The number of carbonyl (C=O) groups excluding carboxylic acids is 1. The molecule has 0 saturated heterocycles. The zero-order valence-electron chi connectivity index (χ0n) is 13.6. The van der Waals surface area contributed by atoms with Gasteiger partial charge in [0.2, 0.25) is 0 Å². The maximum absolute atomic E-state index is 11.7. The van der Waals surface area contributed by atoms with Crippen LogP contribution in [-0.2, 0) is 10.6 Å². The van der Waals surface area contributed by atoms with Crippen LogP contribution in [-0.4, -0.2) is 16.9 Å². The molecule has 0 unspecified atom stereocenters. The van der Waals surface area contributed by atoms with E-state index in [1.165, 1.54) is 12.1 Å². The molecule has 0 spiro atoms. The first-order chi connectivity index (χ1) is 12.6. The number of aliphatic carboxylic acids is 1. The van der Waals surface area contributed by atoms with Crippen molar-refractivity contribution in [3.8, 4) is 11.5 Å². The summed E-state index contributed by atoms with van der Waals surface area (Å²) in [6, 6.07) is 23.3. The zero-order chi connectivity index (χ0) is 18.1. The van der Waals surface area contributed by atoms with Crippen molar-refractivity contribution in [3.05, 3.63) is 95.6 Å². The molecule has 5 nitrogen and oxygen atoms in total. The second-order valence-corrected chi connectivity index (χ2v) is 5.85. The highest BCUT2D eigenvalue weighted by Gasteiger charge is 2.45. The monoisotopic (exact) mass is 346 g/mol. The smallest absolute Gasteiger partial charge is 0.377 e. The lowest BCUT2D eigenvalue weighted by atomic mass is 9.97. The molecule has 0 saturated carbocycles. The first-order valence-electron chi connectivity index (χ1n) is 8.01. The summed E-state index contributed by atoms with van der Waals surface area (Å²) in [5, 5.41) is 8.92. The van der Waals surface area contributed by atoms with Crippen LogP contribution < -0.4 is 9.47 Å². The molecule has 3 aromatic rings. The number of carboxylic acids is 1. The molecule has 0 amide bonds. The van der Waals surface area contributed by atoms with Crippen molar-refractivity contribution >= 4 is 11.8 Å². The molecular formula is C21H14O5. The lowest BCUT2D eigenvalue weighted by Crippen LogP contribution is -2.36. The van der Waals surface area contributed by atoms with Crippen molar-refractivity contribution in [2.75, 3.05) is 0 Å². The van der Waals surface area contributed by atoms with Crippen molar-refractivity contribution in [2.24, 2.45) is 0 Å².